The van der Waals surface area contributed by atoms with Crippen LogP contribution in [0.25, 0.3) is 15.9 Å². The van der Waals surface area contributed by atoms with Gasteiger partial charge in [-0.2, -0.15) is 4.52 Å². The van der Waals surface area contributed by atoms with Crippen molar-refractivity contribution in [2.75, 3.05) is 5.32 Å². The van der Waals surface area contributed by atoms with Crippen molar-refractivity contribution in [1.82, 2.24) is 19.8 Å². The lowest BCUT2D eigenvalue weighted by atomic mass is 9.95. The molecule has 1 aliphatic carbocycles. The first-order chi connectivity index (χ1) is 14.0. The SMILES string of the molecule is O=S(=O)(c1ccc(Cl)cc1)c1nnn2c1nc(NC1CCCCC1)c1sccc12. The molecule has 1 fully saturated rings. The number of benzene rings is 1. The number of nitrogens with one attached hydrogen (secondary N) is 1. The van der Waals surface area contributed by atoms with Crippen LogP contribution in [0.3, 0.4) is 0 Å². The fourth-order valence-electron chi connectivity index (χ4n) is 3.76. The van der Waals surface area contributed by atoms with Crippen molar-refractivity contribution in [3.8, 4) is 0 Å². The molecule has 0 unspecified atom stereocenters. The standard InChI is InChI=1S/C19H18ClN5O2S2/c20-12-6-8-14(9-7-12)29(26,27)19-18-22-17(21-13-4-2-1-3-5-13)16-15(10-11-28-16)25(18)24-23-19/h6-11,13H,1-5H2,(H,21,22). The molecule has 29 heavy (non-hydrogen) atoms. The van der Waals surface area contributed by atoms with Crippen LogP contribution >= 0.6 is 22.9 Å². The number of hydrogen-bond donors (Lipinski definition) is 1. The summed E-state index contributed by atoms with van der Waals surface area (Å²) in [4.78, 5) is 4.78. The van der Waals surface area contributed by atoms with Crippen LogP contribution in [0, 0.1) is 0 Å². The lowest BCUT2D eigenvalue weighted by Gasteiger charge is -2.23. The first-order valence-corrected chi connectivity index (χ1v) is 12.2. The molecule has 1 N–H and O–H groups in total. The third-order valence-electron chi connectivity index (χ3n) is 5.25. The maximum absolute atomic E-state index is 13.2. The molecular weight excluding hydrogens is 430 g/mol. The largest absolute Gasteiger partial charge is 0.366 e. The van der Waals surface area contributed by atoms with Crippen molar-refractivity contribution in [1.29, 1.82) is 0 Å². The van der Waals surface area contributed by atoms with E-state index < -0.39 is 9.84 Å². The minimum Gasteiger partial charge on any atom is -0.366 e. The van der Waals surface area contributed by atoms with Gasteiger partial charge in [0.1, 0.15) is 5.82 Å². The molecule has 7 nitrogen and oxygen atoms in total. The molecule has 3 heterocycles. The van der Waals surface area contributed by atoms with E-state index in [-0.39, 0.29) is 15.6 Å². The van der Waals surface area contributed by atoms with E-state index in [2.05, 4.69) is 20.6 Å². The third-order valence-corrected chi connectivity index (χ3v) is 8.08. The second kappa shape index (κ2) is 7.23. The molecule has 1 aliphatic rings. The minimum atomic E-state index is -3.88. The summed E-state index contributed by atoms with van der Waals surface area (Å²) in [6.45, 7) is 0. The first-order valence-electron chi connectivity index (χ1n) is 9.44. The van der Waals surface area contributed by atoms with Gasteiger partial charge in [-0.1, -0.05) is 36.1 Å². The average Bonchev–Trinajstić information content (AvgIpc) is 3.36. The van der Waals surface area contributed by atoms with Crippen molar-refractivity contribution in [2.24, 2.45) is 0 Å². The molecular formula is C19H18ClN5O2S2. The molecule has 0 radical (unpaired) electrons. The molecule has 5 rings (SSSR count). The maximum atomic E-state index is 13.2. The highest BCUT2D eigenvalue weighted by Gasteiger charge is 2.28. The number of nitrogens with zero attached hydrogens (tertiary/aromatic N) is 4. The second-order valence-corrected chi connectivity index (χ2v) is 10.4. The van der Waals surface area contributed by atoms with Gasteiger partial charge in [0.25, 0.3) is 0 Å². The molecule has 4 aromatic rings. The zero-order valence-corrected chi connectivity index (χ0v) is 17.8. The highest BCUT2D eigenvalue weighted by Crippen LogP contribution is 2.33. The van der Waals surface area contributed by atoms with Crippen LogP contribution in [-0.2, 0) is 9.84 Å². The van der Waals surface area contributed by atoms with Gasteiger partial charge in [-0.25, -0.2) is 13.4 Å². The smallest absolute Gasteiger partial charge is 0.229 e. The normalized spacial score (nSPS) is 15.9. The topological polar surface area (TPSA) is 89.2 Å². The van der Waals surface area contributed by atoms with Crippen LogP contribution in [0.15, 0.2) is 45.6 Å². The van der Waals surface area contributed by atoms with E-state index in [1.165, 1.54) is 35.9 Å². The number of hydrogen-bond acceptors (Lipinski definition) is 7. The zero-order chi connectivity index (χ0) is 20.0. The van der Waals surface area contributed by atoms with Gasteiger partial charge in [0.2, 0.25) is 14.9 Å². The van der Waals surface area contributed by atoms with E-state index in [1.54, 1.807) is 23.5 Å². The maximum Gasteiger partial charge on any atom is 0.229 e. The predicted molar refractivity (Wildman–Crippen MR) is 114 cm³/mol. The Morgan fingerprint density at radius 2 is 1.86 bits per heavy atom. The molecule has 0 amide bonds. The average molecular weight is 448 g/mol. The highest BCUT2D eigenvalue weighted by atomic mass is 35.5. The van der Waals surface area contributed by atoms with Gasteiger partial charge >= 0.3 is 0 Å². The van der Waals surface area contributed by atoms with Crippen molar-refractivity contribution < 1.29 is 8.42 Å². The highest BCUT2D eigenvalue weighted by molar-refractivity contribution is 7.91. The Hall–Kier alpha value is -2.23. The van der Waals surface area contributed by atoms with Gasteiger partial charge in [-0.05, 0) is 48.6 Å². The van der Waals surface area contributed by atoms with Gasteiger partial charge in [0, 0.05) is 11.1 Å². The van der Waals surface area contributed by atoms with Gasteiger partial charge in [0.15, 0.2) is 5.65 Å². The minimum absolute atomic E-state index is 0.110. The molecule has 0 spiro atoms. The van der Waals surface area contributed by atoms with Crippen molar-refractivity contribution >= 4 is 54.5 Å². The molecule has 0 saturated heterocycles. The Bertz CT molecular complexity index is 1290. The van der Waals surface area contributed by atoms with Gasteiger partial charge in [0.05, 0.1) is 15.1 Å². The van der Waals surface area contributed by atoms with Crippen LogP contribution < -0.4 is 5.32 Å². The van der Waals surface area contributed by atoms with Crippen LogP contribution in [0.4, 0.5) is 5.82 Å². The fourth-order valence-corrected chi connectivity index (χ4v) is 5.95. The summed E-state index contributed by atoms with van der Waals surface area (Å²) in [7, 11) is -3.88. The predicted octanol–water partition coefficient (Wildman–Crippen LogP) is 4.57. The summed E-state index contributed by atoms with van der Waals surface area (Å²) in [5.74, 6) is 0.698. The molecule has 0 aliphatic heterocycles. The Morgan fingerprint density at radius 1 is 1.10 bits per heavy atom. The van der Waals surface area contributed by atoms with Crippen LogP contribution in [-0.4, -0.2) is 34.3 Å². The molecule has 1 aromatic carbocycles. The van der Waals surface area contributed by atoms with Crippen LogP contribution in [0.1, 0.15) is 32.1 Å². The summed E-state index contributed by atoms with van der Waals surface area (Å²) >= 11 is 7.46. The summed E-state index contributed by atoms with van der Waals surface area (Å²) in [6.07, 6.45) is 5.82. The van der Waals surface area contributed by atoms with Crippen molar-refractivity contribution in [2.45, 2.75) is 48.1 Å². The fraction of sp³-hybridized carbons (Fsp3) is 0.316. The van der Waals surface area contributed by atoms with Crippen molar-refractivity contribution in [3.05, 3.63) is 40.7 Å². The Morgan fingerprint density at radius 3 is 2.62 bits per heavy atom. The monoisotopic (exact) mass is 447 g/mol. The lowest BCUT2D eigenvalue weighted by Crippen LogP contribution is -2.23. The molecule has 0 bridgehead atoms. The van der Waals surface area contributed by atoms with E-state index in [9.17, 15) is 8.42 Å². The third kappa shape index (κ3) is 3.27. The molecule has 1 saturated carbocycles. The van der Waals surface area contributed by atoms with Crippen molar-refractivity contribution in [3.63, 3.8) is 0 Å². The molecule has 3 aromatic heterocycles. The number of thiophene rings is 1. The van der Waals surface area contributed by atoms with Crippen LogP contribution in [0.2, 0.25) is 5.02 Å². The van der Waals surface area contributed by atoms with E-state index >= 15 is 0 Å². The number of anilines is 1. The summed E-state index contributed by atoms with van der Waals surface area (Å²) in [5.41, 5.74) is 1.02. The molecule has 150 valence electrons. The number of rotatable bonds is 4. The van der Waals surface area contributed by atoms with E-state index in [0.29, 0.717) is 16.9 Å². The number of sulfone groups is 1. The van der Waals surface area contributed by atoms with E-state index in [4.69, 9.17) is 11.6 Å². The number of aromatic nitrogens is 4. The Labute approximate surface area is 176 Å². The van der Waals surface area contributed by atoms with E-state index in [0.717, 1.165) is 23.1 Å². The second-order valence-electron chi connectivity index (χ2n) is 7.16. The molecule has 0 atom stereocenters. The van der Waals surface area contributed by atoms with Gasteiger partial charge < -0.3 is 5.32 Å². The Balaban J connectivity index is 1.66. The summed E-state index contributed by atoms with van der Waals surface area (Å²) < 4.78 is 28.8. The van der Waals surface area contributed by atoms with Crippen LogP contribution in [0.5, 0.6) is 0 Å². The van der Waals surface area contributed by atoms with Gasteiger partial charge in [-0.3, -0.25) is 0 Å². The zero-order valence-electron chi connectivity index (χ0n) is 15.4. The quantitative estimate of drug-likeness (QED) is 0.493. The first kappa shape index (κ1) is 18.8. The number of halogens is 1. The van der Waals surface area contributed by atoms with E-state index in [1.807, 2.05) is 11.4 Å². The lowest BCUT2D eigenvalue weighted by molar-refractivity contribution is 0.462. The number of fused-ring (bicyclic) bond motifs is 3. The van der Waals surface area contributed by atoms with Gasteiger partial charge in [-0.15, -0.1) is 16.4 Å². The molecule has 10 heteroatoms. The Kier molecular flexibility index (Phi) is 4.68. The summed E-state index contributed by atoms with van der Waals surface area (Å²) in [6, 6.07) is 8.27. The summed E-state index contributed by atoms with van der Waals surface area (Å²) in [5, 5.41) is 13.9.